The van der Waals surface area contributed by atoms with E-state index in [9.17, 15) is 4.79 Å². The molecule has 4 heteroatoms. The summed E-state index contributed by atoms with van der Waals surface area (Å²) in [5.41, 5.74) is 1.06. The molecule has 0 bridgehead atoms. The van der Waals surface area contributed by atoms with Crippen LogP contribution in [0.25, 0.3) is 0 Å². The minimum Gasteiger partial charge on any atom is -0.385 e. The van der Waals surface area contributed by atoms with Crippen molar-refractivity contribution >= 4 is 12.1 Å². The molecule has 13 heavy (non-hydrogen) atoms. The summed E-state index contributed by atoms with van der Waals surface area (Å²) in [6, 6.07) is 3.82. The Kier molecular flexibility index (Phi) is 4.38. The first-order chi connectivity index (χ1) is 6.43. The van der Waals surface area contributed by atoms with Gasteiger partial charge in [-0.1, -0.05) is 0 Å². The van der Waals surface area contributed by atoms with Crippen LogP contribution in [0.4, 0.5) is 5.69 Å². The topological polar surface area (TPSA) is 54.0 Å². The van der Waals surface area contributed by atoms with Gasteiger partial charge >= 0.3 is 0 Å². The van der Waals surface area contributed by atoms with Gasteiger partial charge in [-0.05, 0) is 18.6 Å². The highest BCUT2D eigenvalue weighted by molar-refractivity contribution is 5.45. The van der Waals surface area contributed by atoms with Crippen LogP contribution in [0.2, 0.25) is 0 Å². The zero-order chi connectivity index (χ0) is 9.36. The van der Waals surface area contributed by atoms with Crippen molar-refractivity contribution < 1.29 is 4.79 Å². The summed E-state index contributed by atoms with van der Waals surface area (Å²) in [7, 11) is 0. The van der Waals surface area contributed by atoms with Crippen molar-refractivity contribution in [3.63, 3.8) is 0 Å². The van der Waals surface area contributed by atoms with Crippen LogP contribution < -0.4 is 10.6 Å². The number of aromatic nitrogens is 1. The van der Waals surface area contributed by atoms with E-state index in [-0.39, 0.29) is 0 Å². The van der Waals surface area contributed by atoms with E-state index in [0.717, 1.165) is 18.7 Å². The molecule has 70 valence electrons. The van der Waals surface area contributed by atoms with Crippen molar-refractivity contribution in [3.8, 4) is 0 Å². The third-order valence-corrected chi connectivity index (χ3v) is 1.59. The molecule has 0 atom stereocenters. The summed E-state index contributed by atoms with van der Waals surface area (Å²) in [6.07, 6.45) is 5.12. The number of hydrogen-bond donors (Lipinski definition) is 2. The fraction of sp³-hybridized carbons (Fsp3) is 0.333. The Morgan fingerprint density at radius 3 is 2.77 bits per heavy atom. The fourth-order valence-electron chi connectivity index (χ4n) is 0.952. The van der Waals surface area contributed by atoms with Gasteiger partial charge in [-0.3, -0.25) is 9.78 Å². The molecule has 4 nitrogen and oxygen atoms in total. The predicted molar refractivity (Wildman–Crippen MR) is 51.4 cm³/mol. The number of pyridine rings is 1. The number of carbonyl (C=O) groups is 1. The molecule has 1 rings (SSSR count). The maximum atomic E-state index is 9.90. The first kappa shape index (κ1) is 9.51. The Morgan fingerprint density at radius 1 is 1.31 bits per heavy atom. The molecule has 0 aliphatic rings. The molecule has 0 spiro atoms. The van der Waals surface area contributed by atoms with Gasteiger partial charge in [0.25, 0.3) is 0 Å². The number of rotatable bonds is 6. The third-order valence-electron chi connectivity index (χ3n) is 1.59. The van der Waals surface area contributed by atoms with Crippen LogP contribution in [0, 0.1) is 0 Å². The van der Waals surface area contributed by atoms with Crippen LogP contribution >= 0.6 is 0 Å². The van der Waals surface area contributed by atoms with Gasteiger partial charge in [-0.15, -0.1) is 0 Å². The second-order valence-corrected chi connectivity index (χ2v) is 2.59. The van der Waals surface area contributed by atoms with Crippen LogP contribution in [-0.4, -0.2) is 24.5 Å². The van der Waals surface area contributed by atoms with Crippen LogP contribution in [-0.2, 0) is 4.79 Å². The van der Waals surface area contributed by atoms with E-state index in [1.165, 1.54) is 0 Å². The highest BCUT2D eigenvalue weighted by atomic mass is 16.1. The molecule has 0 aliphatic carbocycles. The molecule has 2 N–H and O–H groups in total. The molecule has 0 radical (unpaired) electrons. The zero-order valence-corrected chi connectivity index (χ0v) is 7.36. The quantitative estimate of drug-likeness (QED) is 0.497. The van der Waals surface area contributed by atoms with Crippen molar-refractivity contribution in [3.05, 3.63) is 24.5 Å². The first-order valence-corrected chi connectivity index (χ1v) is 4.24. The predicted octanol–water partition coefficient (Wildman–Crippen LogP) is 0.630. The van der Waals surface area contributed by atoms with E-state index in [2.05, 4.69) is 15.6 Å². The lowest BCUT2D eigenvalue weighted by atomic mass is 10.3. The summed E-state index contributed by atoms with van der Waals surface area (Å²) >= 11 is 0. The van der Waals surface area contributed by atoms with E-state index in [1.54, 1.807) is 12.4 Å². The van der Waals surface area contributed by atoms with Crippen molar-refractivity contribution in [1.82, 2.24) is 10.3 Å². The Hall–Kier alpha value is -1.58. The van der Waals surface area contributed by atoms with Gasteiger partial charge in [0.2, 0.25) is 6.41 Å². The average molecular weight is 179 g/mol. The highest BCUT2D eigenvalue weighted by Crippen LogP contribution is 2.01. The van der Waals surface area contributed by atoms with Gasteiger partial charge < -0.3 is 10.6 Å². The van der Waals surface area contributed by atoms with Gasteiger partial charge in [-0.25, -0.2) is 0 Å². The molecule has 0 aliphatic heterocycles. The molecule has 0 saturated heterocycles. The monoisotopic (exact) mass is 179 g/mol. The third kappa shape index (κ3) is 4.10. The minimum absolute atomic E-state index is 0.710. The summed E-state index contributed by atoms with van der Waals surface area (Å²) in [4.78, 5) is 13.8. The maximum absolute atomic E-state index is 9.90. The van der Waals surface area contributed by atoms with E-state index < -0.39 is 0 Å². The lowest BCUT2D eigenvalue weighted by molar-refractivity contribution is -0.109. The lowest BCUT2D eigenvalue weighted by Gasteiger charge is -2.04. The Balaban J connectivity index is 2.10. The first-order valence-electron chi connectivity index (χ1n) is 4.24. The van der Waals surface area contributed by atoms with E-state index in [1.807, 2.05) is 12.1 Å². The summed E-state index contributed by atoms with van der Waals surface area (Å²) in [5, 5.41) is 5.81. The maximum Gasteiger partial charge on any atom is 0.207 e. The normalized spacial score (nSPS) is 9.23. The Morgan fingerprint density at radius 2 is 2.08 bits per heavy atom. The minimum atomic E-state index is 0.710. The van der Waals surface area contributed by atoms with E-state index in [0.29, 0.717) is 13.0 Å². The summed E-state index contributed by atoms with van der Waals surface area (Å²) in [5.74, 6) is 0. The van der Waals surface area contributed by atoms with Gasteiger partial charge in [0.15, 0.2) is 0 Å². The Bertz CT molecular complexity index is 238. The molecule has 1 aromatic rings. The van der Waals surface area contributed by atoms with Gasteiger partial charge in [0, 0.05) is 31.2 Å². The van der Waals surface area contributed by atoms with Crippen LogP contribution in [0.1, 0.15) is 6.42 Å². The van der Waals surface area contributed by atoms with Crippen molar-refractivity contribution in [2.45, 2.75) is 6.42 Å². The fourth-order valence-corrected chi connectivity index (χ4v) is 0.952. The number of nitrogens with one attached hydrogen (secondary N) is 2. The molecule has 1 amide bonds. The van der Waals surface area contributed by atoms with E-state index in [4.69, 9.17) is 0 Å². The zero-order valence-electron chi connectivity index (χ0n) is 7.36. The average Bonchev–Trinajstić information content (AvgIpc) is 2.19. The standard InChI is InChI=1S/C9H13N3O/c13-8-11-4-1-5-12-9-2-6-10-7-3-9/h2-3,6-8H,1,4-5H2,(H,10,12)(H,11,13). The van der Waals surface area contributed by atoms with Crippen LogP contribution in [0.5, 0.6) is 0 Å². The highest BCUT2D eigenvalue weighted by Gasteiger charge is 1.88. The SMILES string of the molecule is O=CNCCCNc1ccncc1. The van der Waals surface area contributed by atoms with Crippen molar-refractivity contribution in [2.75, 3.05) is 18.4 Å². The molecule has 0 aromatic carbocycles. The number of nitrogens with zero attached hydrogens (tertiary/aromatic N) is 1. The van der Waals surface area contributed by atoms with Crippen molar-refractivity contribution in [1.29, 1.82) is 0 Å². The number of amides is 1. The second-order valence-electron chi connectivity index (χ2n) is 2.59. The number of anilines is 1. The number of carbonyl (C=O) groups excluding carboxylic acids is 1. The summed E-state index contributed by atoms with van der Waals surface area (Å²) < 4.78 is 0. The molecule has 0 saturated carbocycles. The molecule has 1 aromatic heterocycles. The molecular weight excluding hydrogens is 166 g/mol. The largest absolute Gasteiger partial charge is 0.385 e. The van der Waals surface area contributed by atoms with Crippen molar-refractivity contribution in [2.24, 2.45) is 0 Å². The molecule has 0 fully saturated rings. The second kappa shape index (κ2) is 5.99. The van der Waals surface area contributed by atoms with Crippen LogP contribution in [0.15, 0.2) is 24.5 Å². The smallest absolute Gasteiger partial charge is 0.207 e. The number of hydrogen-bond acceptors (Lipinski definition) is 3. The van der Waals surface area contributed by atoms with Crippen LogP contribution in [0.3, 0.4) is 0 Å². The molecule has 0 unspecified atom stereocenters. The van der Waals surface area contributed by atoms with Gasteiger partial charge in [-0.2, -0.15) is 0 Å². The lowest BCUT2D eigenvalue weighted by Crippen LogP contribution is -2.15. The van der Waals surface area contributed by atoms with Gasteiger partial charge in [0.05, 0.1) is 0 Å². The summed E-state index contributed by atoms with van der Waals surface area (Å²) in [6.45, 7) is 1.56. The molecule has 1 heterocycles. The van der Waals surface area contributed by atoms with E-state index >= 15 is 0 Å². The van der Waals surface area contributed by atoms with Gasteiger partial charge in [0.1, 0.15) is 0 Å². The molecular formula is C9H13N3O. The Labute approximate surface area is 77.4 Å².